The highest BCUT2D eigenvalue weighted by Gasteiger charge is 2.61. The molecule has 53 heavy (non-hydrogen) atoms. The summed E-state index contributed by atoms with van der Waals surface area (Å²) < 4.78 is 16.3. The maximum Gasteiger partial charge on any atom is 0.338 e. The number of ether oxygens (including phenoxy) is 3. The van der Waals surface area contributed by atoms with E-state index in [1.54, 1.807) is 60.7 Å². The fraction of sp³-hybridized carbons (Fsp3) is 0.350. The van der Waals surface area contributed by atoms with Crippen LogP contribution in [0.2, 0.25) is 0 Å². The van der Waals surface area contributed by atoms with Crippen molar-refractivity contribution in [2.75, 3.05) is 26.3 Å². The molecular weight excluding hydrogens is 704 g/mol. The van der Waals surface area contributed by atoms with Gasteiger partial charge in [-0.15, -0.1) is 0 Å². The minimum Gasteiger partial charge on any atom is -0.462 e. The number of esters is 1. The summed E-state index contributed by atoms with van der Waals surface area (Å²) in [4.78, 5) is 74.1. The van der Waals surface area contributed by atoms with Crippen LogP contribution in [0.3, 0.4) is 0 Å². The highest BCUT2D eigenvalue weighted by molar-refractivity contribution is 6.67. The lowest BCUT2D eigenvalue weighted by Crippen LogP contribution is -2.35. The fourth-order valence-electron chi connectivity index (χ4n) is 7.38. The molecule has 8 unspecified atom stereocenters. The van der Waals surface area contributed by atoms with E-state index in [0.717, 1.165) is 11.1 Å². The Hall–Kier alpha value is -5.01. The quantitative estimate of drug-likeness (QED) is 0.118. The molecule has 0 aliphatic carbocycles. The van der Waals surface area contributed by atoms with E-state index in [4.69, 9.17) is 30.9 Å². The molecule has 6 aliphatic heterocycles. The highest BCUT2D eigenvalue weighted by Crippen LogP contribution is 2.46. The molecule has 0 saturated carbocycles. The van der Waals surface area contributed by atoms with Gasteiger partial charge in [0, 0.05) is 25.3 Å². The number of hydrogen-bond donors (Lipinski definition) is 1. The number of halogens is 1. The van der Waals surface area contributed by atoms with Gasteiger partial charge >= 0.3 is 5.97 Å². The number of fused-ring (bicyclic) bond motifs is 10. The van der Waals surface area contributed by atoms with Crippen LogP contribution in [0.15, 0.2) is 86.0 Å². The van der Waals surface area contributed by atoms with Crippen molar-refractivity contribution >= 4 is 58.6 Å². The number of carbonyl (C=O) groups excluding carboxylic acids is 6. The van der Waals surface area contributed by atoms with Gasteiger partial charge in [-0.1, -0.05) is 73.9 Å². The van der Waals surface area contributed by atoms with E-state index >= 15 is 0 Å². The normalized spacial score (nSPS) is 28.0. The zero-order valence-corrected chi connectivity index (χ0v) is 29.5. The maximum atomic E-state index is 12.5. The first kappa shape index (κ1) is 37.7. The third-order valence-electron chi connectivity index (χ3n) is 10.1. The zero-order valence-electron chi connectivity index (χ0n) is 28.8. The predicted octanol–water partition coefficient (Wildman–Crippen LogP) is 3.83. The Labute approximate surface area is 311 Å². The summed E-state index contributed by atoms with van der Waals surface area (Å²) in [5, 5.41) is 8.30. The summed E-state index contributed by atoms with van der Waals surface area (Å²) in [5.41, 5.74) is 2.87. The van der Waals surface area contributed by atoms with E-state index in [1.165, 1.54) is 9.80 Å². The van der Waals surface area contributed by atoms with Gasteiger partial charge in [-0.25, -0.2) is 4.79 Å². The molecule has 12 nitrogen and oxygen atoms in total. The number of likely N-dealkylation sites (tertiary alicyclic amines) is 2. The number of aliphatic hydroxyl groups excluding tert-OH is 1. The van der Waals surface area contributed by atoms with Crippen molar-refractivity contribution in [3.05, 3.63) is 108 Å². The Morgan fingerprint density at radius 1 is 0.660 bits per heavy atom. The summed E-state index contributed by atoms with van der Waals surface area (Å²) >= 11 is 5.23. The van der Waals surface area contributed by atoms with E-state index < -0.39 is 11.2 Å². The van der Waals surface area contributed by atoms with Crippen LogP contribution in [0, 0.1) is 23.7 Å². The summed E-state index contributed by atoms with van der Waals surface area (Å²) in [6, 6.07) is 13.9. The van der Waals surface area contributed by atoms with Gasteiger partial charge in [-0.2, -0.15) is 0 Å². The summed E-state index contributed by atoms with van der Waals surface area (Å²) in [7, 11) is 0. The molecule has 13 heteroatoms. The van der Waals surface area contributed by atoms with Crippen LogP contribution in [0.5, 0.6) is 0 Å². The van der Waals surface area contributed by atoms with Crippen LogP contribution in [0.25, 0.3) is 12.2 Å². The van der Waals surface area contributed by atoms with E-state index in [9.17, 15) is 28.8 Å². The number of nitrogens with zero attached hydrogens (tertiary/aromatic N) is 2. The SMILES string of the molecule is C=Cc1ccc(C(=O)Cl)cc1.C=Cc1ccc(C(=O)OCCCN2C(=O)C3C4C=CC(O4)C3C2=O)cc1.O=C1C2C3C=CC(O3)C2C(=O)N1CCCO. The van der Waals surface area contributed by atoms with Gasteiger partial charge in [-0.3, -0.25) is 33.8 Å². The molecule has 4 amide bonds. The number of benzene rings is 2. The molecule has 6 aliphatic rings. The molecule has 4 bridgehead atoms. The average Bonchev–Trinajstić information content (AvgIpc) is 4.04. The van der Waals surface area contributed by atoms with Gasteiger partial charge in [0.05, 0.1) is 60.3 Å². The van der Waals surface area contributed by atoms with Crippen LogP contribution in [-0.4, -0.2) is 100 Å². The number of aliphatic hydroxyl groups is 1. The maximum absolute atomic E-state index is 12.5. The van der Waals surface area contributed by atoms with Crippen molar-refractivity contribution in [1.29, 1.82) is 0 Å². The molecule has 0 aromatic heterocycles. The van der Waals surface area contributed by atoms with E-state index in [1.807, 2.05) is 24.3 Å². The molecule has 276 valence electrons. The van der Waals surface area contributed by atoms with Crippen molar-refractivity contribution in [3.8, 4) is 0 Å². The minimum absolute atomic E-state index is 0.00595. The molecule has 8 atom stereocenters. The monoisotopic (exact) mass is 742 g/mol. The fourth-order valence-corrected chi connectivity index (χ4v) is 7.50. The summed E-state index contributed by atoms with van der Waals surface area (Å²) in [5.74, 6) is -2.46. The zero-order chi connectivity index (χ0) is 37.8. The first-order valence-corrected chi connectivity index (χ1v) is 17.8. The van der Waals surface area contributed by atoms with Crippen LogP contribution in [-0.2, 0) is 33.4 Å². The second kappa shape index (κ2) is 16.3. The third kappa shape index (κ3) is 7.58. The molecule has 6 heterocycles. The van der Waals surface area contributed by atoms with Gasteiger partial charge < -0.3 is 19.3 Å². The van der Waals surface area contributed by atoms with E-state index in [2.05, 4.69) is 13.2 Å². The van der Waals surface area contributed by atoms with Crippen LogP contribution >= 0.6 is 11.6 Å². The van der Waals surface area contributed by atoms with Gasteiger partial charge in [0.15, 0.2) is 0 Å². The smallest absolute Gasteiger partial charge is 0.338 e. The Bertz CT molecular complexity index is 1790. The van der Waals surface area contributed by atoms with Crippen molar-refractivity contribution in [2.24, 2.45) is 23.7 Å². The van der Waals surface area contributed by atoms with Gasteiger partial charge in [0.2, 0.25) is 23.6 Å². The third-order valence-corrected chi connectivity index (χ3v) is 10.3. The Kier molecular flexibility index (Phi) is 11.6. The molecule has 2 aromatic rings. The molecule has 1 N–H and O–H groups in total. The van der Waals surface area contributed by atoms with Crippen LogP contribution in [0.1, 0.15) is 44.7 Å². The molecule has 4 fully saturated rings. The van der Waals surface area contributed by atoms with Gasteiger partial charge in [0.25, 0.3) is 5.24 Å². The van der Waals surface area contributed by atoms with Crippen molar-refractivity contribution < 1.29 is 48.1 Å². The summed E-state index contributed by atoms with van der Waals surface area (Å²) in [6.07, 6.45) is 10.7. The number of hydrogen-bond acceptors (Lipinski definition) is 10. The largest absolute Gasteiger partial charge is 0.462 e. The molecule has 0 radical (unpaired) electrons. The Morgan fingerprint density at radius 3 is 1.40 bits per heavy atom. The van der Waals surface area contributed by atoms with Crippen molar-refractivity contribution in [2.45, 2.75) is 37.3 Å². The predicted molar refractivity (Wildman–Crippen MR) is 193 cm³/mol. The number of amides is 4. The van der Waals surface area contributed by atoms with Gasteiger partial charge in [0.1, 0.15) is 0 Å². The van der Waals surface area contributed by atoms with E-state index in [-0.39, 0.29) is 91.5 Å². The molecule has 2 aromatic carbocycles. The topological polar surface area (TPSA) is 157 Å². The first-order chi connectivity index (χ1) is 25.6. The van der Waals surface area contributed by atoms with Gasteiger partial charge in [-0.05, 0) is 59.8 Å². The second-order valence-corrected chi connectivity index (χ2v) is 13.5. The minimum atomic E-state index is -0.430. The Morgan fingerprint density at radius 2 is 1.04 bits per heavy atom. The molecular formula is C40H39ClN2O10. The lowest BCUT2D eigenvalue weighted by atomic mass is 9.85. The first-order valence-electron chi connectivity index (χ1n) is 17.4. The van der Waals surface area contributed by atoms with Crippen LogP contribution < -0.4 is 0 Å². The highest BCUT2D eigenvalue weighted by atomic mass is 35.5. The molecule has 4 saturated heterocycles. The number of imide groups is 2. The molecule has 0 spiro atoms. The average molecular weight is 743 g/mol. The number of rotatable bonds is 11. The van der Waals surface area contributed by atoms with Crippen LogP contribution in [0.4, 0.5) is 0 Å². The molecule has 8 rings (SSSR count). The number of carbonyl (C=O) groups is 6. The lowest BCUT2D eigenvalue weighted by Gasteiger charge is -2.17. The Balaban J connectivity index is 0.000000151. The second-order valence-electron chi connectivity index (χ2n) is 13.2. The lowest BCUT2D eigenvalue weighted by molar-refractivity contribution is -0.144. The summed E-state index contributed by atoms with van der Waals surface area (Å²) in [6.45, 7) is 7.97. The van der Waals surface area contributed by atoms with E-state index in [0.29, 0.717) is 30.5 Å². The van der Waals surface area contributed by atoms with Crippen molar-refractivity contribution in [1.82, 2.24) is 9.80 Å². The standard InChI is InChI=1S/C20H19NO5.C11H13NO4.C9H7ClO/c1-2-12-4-6-13(7-5-12)20(24)25-11-3-10-21-18(22)16-14-8-9-15(26-14)17(16)19(21)23;13-5-1-4-12-10(14)8-6-2-3-7(16-6)9(8)11(12)15;1-2-7-3-5-8(6-4-7)9(10)11/h2,4-9,14-17H,1,3,10-11H2;2-3,6-9,13H,1,4-5H2;2-6H,1H2. The van der Waals surface area contributed by atoms with Crippen molar-refractivity contribution in [3.63, 3.8) is 0 Å².